The Morgan fingerprint density at radius 2 is 1.71 bits per heavy atom. The molecule has 0 aliphatic carbocycles. The van der Waals surface area contributed by atoms with Crippen LogP contribution in [0.15, 0.2) is 66.9 Å². The number of hydrogen-bond donors (Lipinski definition) is 1. The summed E-state index contributed by atoms with van der Waals surface area (Å²) in [5, 5.41) is 9.53. The van der Waals surface area contributed by atoms with E-state index in [-0.39, 0.29) is 5.75 Å². The molecule has 0 radical (unpaired) electrons. The Labute approximate surface area is 138 Å². The van der Waals surface area contributed by atoms with Gasteiger partial charge in [0, 0.05) is 17.4 Å². The Balaban J connectivity index is 1.97. The van der Waals surface area contributed by atoms with Gasteiger partial charge in [0.05, 0.1) is 7.11 Å². The number of fused-ring (bicyclic) bond motifs is 1. The molecule has 4 aromatic rings. The first-order chi connectivity index (χ1) is 11.8. The highest BCUT2D eigenvalue weighted by molar-refractivity contribution is 5.80. The molecule has 5 nitrogen and oxygen atoms in total. The summed E-state index contributed by atoms with van der Waals surface area (Å²) in [6.07, 6.45) is 1.75. The maximum atomic E-state index is 9.53. The molecule has 2 aromatic heterocycles. The summed E-state index contributed by atoms with van der Waals surface area (Å²) in [5.74, 6) is 1.79. The summed E-state index contributed by atoms with van der Waals surface area (Å²) in [7, 11) is 1.64. The van der Waals surface area contributed by atoms with Crippen LogP contribution in [0, 0.1) is 0 Å². The van der Waals surface area contributed by atoms with Crippen LogP contribution >= 0.6 is 0 Å². The van der Waals surface area contributed by atoms with Gasteiger partial charge in [-0.1, -0.05) is 0 Å². The van der Waals surface area contributed by atoms with Gasteiger partial charge in [-0.05, 0) is 60.7 Å². The molecule has 0 saturated carbocycles. The van der Waals surface area contributed by atoms with Crippen LogP contribution in [0.2, 0.25) is 0 Å². The van der Waals surface area contributed by atoms with Gasteiger partial charge < -0.3 is 9.84 Å². The fourth-order valence-electron chi connectivity index (χ4n) is 2.69. The van der Waals surface area contributed by atoms with E-state index in [0.717, 1.165) is 34.0 Å². The summed E-state index contributed by atoms with van der Waals surface area (Å²) < 4.78 is 7.23. The van der Waals surface area contributed by atoms with Crippen LogP contribution in [0.5, 0.6) is 11.5 Å². The lowest BCUT2D eigenvalue weighted by atomic mass is 10.2. The number of benzene rings is 2. The SMILES string of the molecule is COc1ccc(-n2c(-c3ccc(O)cc3)nc3cccnc32)cc1. The lowest BCUT2D eigenvalue weighted by Gasteiger charge is -2.10. The first kappa shape index (κ1) is 14.3. The van der Waals surface area contributed by atoms with E-state index < -0.39 is 0 Å². The van der Waals surface area contributed by atoms with E-state index in [0.29, 0.717) is 0 Å². The molecule has 1 N–H and O–H groups in total. The Kier molecular flexibility index (Phi) is 3.39. The smallest absolute Gasteiger partial charge is 0.164 e. The number of methoxy groups -OCH3 is 1. The van der Waals surface area contributed by atoms with Gasteiger partial charge in [0.1, 0.15) is 22.8 Å². The zero-order chi connectivity index (χ0) is 16.5. The van der Waals surface area contributed by atoms with E-state index in [9.17, 15) is 5.11 Å². The van der Waals surface area contributed by atoms with E-state index >= 15 is 0 Å². The fourth-order valence-corrected chi connectivity index (χ4v) is 2.69. The average molecular weight is 317 g/mol. The minimum Gasteiger partial charge on any atom is -0.508 e. The zero-order valence-electron chi connectivity index (χ0n) is 13.0. The van der Waals surface area contributed by atoms with Crippen molar-refractivity contribution < 1.29 is 9.84 Å². The molecule has 4 rings (SSSR count). The number of aromatic nitrogens is 3. The summed E-state index contributed by atoms with van der Waals surface area (Å²) >= 11 is 0. The van der Waals surface area contributed by atoms with Crippen molar-refractivity contribution >= 4 is 11.2 Å². The van der Waals surface area contributed by atoms with Gasteiger partial charge in [0.2, 0.25) is 0 Å². The van der Waals surface area contributed by atoms with E-state index in [2.05, 4.69) is 4.98 Å². The van der Waals surface area contributed by atoms with Crippen molar-refractivity contribution in [3.8, 4) is 28.6 Å². The topological polar surface area (TPSA) is 60.2 Å². The molecule has 0 aliphatic heterocycles. The predicted molar refractivity (Wildman–Crippen MR) is 92.5 cm³/mol. The van der Waals surface area contributed by atoms with Crippen LogP contribution in [0.3, 0.4) is 0 Å². The van der Waals surface area contributed by atoms with E-state index in [1.165, 1.54) is 0 Å². The van der Waals surface area contributed by atoms with Gasteiger partial charge in [-0.3, -0.25) is 4.57 Å². The van der Waals surface area contributed by atoms with Crippen molar-refractivity contribution in [1.82, 2.24) is 14.5 Å². The van der Waals surface area contributed by atoms with Gasteiger partial charge in [-0.25, -0.2) is 9.97 Å². The molecule has 2 aromatic carbocycles. The van der Waals surface area contributed by atoms with Crippen LogP contribution in [0.1, 0.15) is 0 Å². The maximum absolute atomic E-state index is 9.53. The van der Waals surface area contributed by atoms with Gasteiger partial charge in [-0.2, -0.15) is 0 Å². The zero-order valence-corrected chi connectivity index (χ0v) is 13.0. The number of rotatable bonds is 3. The average Bonchev–Trinajstić information content (AvgIpc) is 3.02. The number of phenolic OH excluding ortho intramolecular Hbond substituents is 1. The lowest BCUT2D eigenvalue weighted by Crippen LogP contribution is -1.98. The molecular weight excluding hydrogens is 302 g/mol. The highest BCUT2D eigenvalue weighted by atomic mass is 16.5. The number of hydrogen-bond acceptors (Lipinski definition) is 4. The molecule has 2 heterocycles. The highest BCUT2D eigenvalue weighted by Crippen LogP contribution is 2.29. The molecular formula is C19H15N3O2. The van der Waals surface area contributed by atoms with Gasteiger partial charge in [0.15, 0.2) is 5.65 Å². The minimum absolute atomic E-state index is 0.226. The molecule has 0 unspecified atom stereocenters. The minimum atomic E-state index is 0.226. The number of nitrogens with zero attached hydrogens (tertiary/aromatic N) is 3. The van der Waals surface area contributed by atoms with Gasteiger partial charge in [0.25, 0.3) is 0 Å². The number of ether oxygens (including phenoxy) is 1. The van der Waals surface area contributed by atoms with Crippen LogP contribution in [0.25, 0.3) is 28.2 Å². The van der Waals surface area contributed by atoms with Crippen LogP contribution in [-0.2, 0) is 0 Å². The molecule has 0 fully saturated rings. The van der Waals surface area contributed by atoms with E-state index in [1.807, 2.05) is 53.1 Å². The second-order valence-corrected chi connectivity index (χ2v) is 5.36. The molecule has 5 heteroatoms. The largest absolute Gasteiger partial charge is 0.508 e. The molecule has 0 aliphatic rings. The molecule has 118 valence electrons. The van der Waals surface area contributed by atoms with Crippen LogP contribution < -0.4 is 4.74 Å². The second-order valence-electron chi connectivity index (χ2n) is 5.36. The third kappa shape index (κ3) is 2.36. The second kappa shape index (κ2) is 5.70. The van der Waals surface area contributed by atoms with Gasteiger partial charge >= 0.3 is 0 Å². The summed E-state index contributed by atoms with van der Waals surface area (Å²) in [6, 6.07) is 18.6. The quantitative estimate of drug-likeness (QED) is 0.624. The first-order valence-corrected chi connectivity index (χ1v) is 7.53. The molecule has 0 saturated heterocycles. The normalized spacial score (nSPS) is 10.9. The van der Waals surface area contributed by atoms with E-state index in [1.54, 1.807) is 25.4 Å². The number of aromatic hydroxyl groups is 1. The number of phenols is 1. The summed E-state index contributed by atoms with van der Waals surface area (Å²) in [5.41, 5.74) is 3.45. The number of imidazole rings is 1. The Bertz CT molecular complexity index is 989. The van der Waals surface area contributed by atoms with Crippen molar-refractivity contribution in [2.24, 2.45) is 0 Å². The molecule has 24 heavy (non-hydrogen) atoms. The third-order valence-corrected chi connectivity index (χ3v) is 3.87. The van der Waals surface area contributed by atoms with Crippen LogP contribution in [0.4, 0.5) is 0 Å². The highest BCUT2D eigenvalue weighted by Gasteiger charge is 2.15. The summed E-state index contributed by atoms with van der Waals surface area (Å²) in [6.45, 7) is 0. The van der Waals surface area contributed by atoms with Crippen molar-refractivity contribution in [2.45, 2.75) is 0 Å². The molecule has 0 atom stereocenters. The van der Waals surface area contributed by atoms with Crippen molar-refractivity contribution in [3.05, 3.63) is 66.9 Å². The van der Waals surface area contributed by atoms with E-state index in [4.69, 9.17) is 9.72 Å². The van der Waals surface area contributed by atoms with Crippen LogP contribution in [-0.4, -0.2) is 26.8 Å². The van der Waals surface area contributed by atoms with Crippen molar-refractivity contribution in [1.29, 1.82) is 0 Å². The molecule has 0 spiro atoms. The van der Waals surface area contributed by atoms with Crippen molar-refractivity contribution in [3.63, 3.8) is 0 Å². The Morgan fingerprint density at radius 3 is 2.42 bits per heavy atom. The third-order valence-electron chi connectivity index (χ3n) is 3.87. The summed E-state index contributed by atoms with van der Waals surface area (Å²) in [4.78, 5) is 9.20. The van der Waals surface area contributed by atoms with Crippen molar-refractivity contribution in [2.75, 3.05) is 7.11 Å². The maximum Gasteiger partial charge on any atom is 0.164 e. The Morgan fingerprint density at radius 1 is 0.958 bits per heavy atom. The Hall–Kier alpha value is -3.34. The molecule has 0 bridgehead atoms. The van der Waals surface area contributed by atoms with Gasteiger partial charge in [-0.15, -0.1) is 0 Å². The predicted octanol–water partition coefficient (Wildman–Crippen LogP) is 3.80. The monoisotopic (exact) mass is 317 g/mol. The standard InChI is InChI=1S/C19H15N3O2/c1-24-16-10-6-14(7-11-16)22-18(13-4-8-15(23)9-5-13)21-17-3-2-12-20-19(17)22/h2-12,23H,1H3. The fraction of sp³-hybridized carbons (Fsp3) is 0.0526. The number of pyridine rings is 1. The molecule has 0 amide bonds. The lowest BCUT2D eigenvalue weighted by molar-refractivity contribution is 0.415. The first-order valence-electron chi connectivity index (χ1n) is 7.53.